The first kappa shape index (κ1) is 22.4. The van der Waals surface area contributed by atoms with Gasteiger partial charge in [0.15, 0.2) is 0 Å². The maximum absolute atomic E-state index is 6.83. The molecule has 0 saturated heterocycles. The van der Waals surface area contributed by atoms with E-state index in [1.54, 1.807) is 0 Å². The van der Waals surface area contributed by atoms with Gasteiger partial charge in [-0.2, -0.15) is 0 Å². The molecule has 2 aliphatic carbocycles. The van der Waals surface area contributed by atoms with E-state index in [4.69, 9.17) is 21.4 Å². The predicted molar refractivity (Wildman–Crippen MR) is 117 cm³/mol. The molecule has 2 aliphatic rings. The Morgan fingerprint density at radius 1 is 0.654 bits per heavy atom. The minimum Gasteiger partial charge on any atom is -0.325 e. The first-order valence-corrected chi connectivity index (χ1v) is 11.0. The average Bonchev–Trinajstić information content (AvgIpc) is 2.52. The van der Waals surface area contributed by atoms with Crippen LogP contribution >= 0.6 is 0 Å². The Labute approximate surface area is 166 Å². The molecule has 0 aromatic heterocycles. The second kappa shape index (κ2) is 7.16. The van der Waals surface area contributed by atoms with Gasteiger partial charge in [0.25, 0.3) is 0 Å². The molecule has 2 rings (SSSR count). The summed E-state index contributed by atoms with van der Waals surface area (Å²) in [4.78, 5) is 0. The Bertz CT molecular complexity index is 476. The topological polar surface area (TPSA) is 26.0 Å². The van der Waals surface area contributed by atoms with Crippen molar-refractivity contribution in [1.82, 2.24) is 0 Å². The molecular formula is C23H43B2N. The Hall–Kier alpha value is 0.0899. The monoisotopic (exact) mass is 355 g/mol. The van der Waals surface area contributed by atoms with Crippen molar-refractivity contribution >= 4 is 15.7 Å². The van der Waals surface area contributed by atoms with E-state index in [2.05, 4.69) is 48.5 Å². The van der Waals surface area contributed by atoms with Crippen LogP contribution in [0.3, 0.4) is 0 Å². The van der Waals surface area contributed by atoms with E-state index < -0.39 is 0 Å². The van der Waals surface area contributed by atoms with E-state index in [1.165, 1.54) is 19.3 Å². The zero-order valence-corrected chi connectivity index (χ0v) is 18.8. The smallest absolute Gasteiger partial charge is 0.0742 e. The van der Waals surface area contributed by atoms with Gasteiger partial charge in [-0.3, -0.25) is 0 Å². The molecule has 0 heterocycles. The van der Waals surface area contributed by atoms with Crippen LogP contribution in [-0.2, 0) is 0 Å². The second-order valence-corrected chi connectivity index (χ2v) is 12.1. The van der Waals surface area contributed by atoms with Gasteiger partial charge in [0, 0.05) is 5.54 Å². The summed E-state index contributed by atoms with van der Waals surface area (Å²) in [6.45, 7) is 16.6. The van der Waals surface area contributed by atoms with Crippen molar-refractivity contribution in [1.29, 1.82) is 0 Å². The van der Waals surface area contributed by atoms with E-state index in [0.29, 0.717) is 11.8 Å². The van der Waals surface area contributed by atoms with Gasteiger partial charge >= 0.3 is 0 Å². The van der Waals surface area contributed by atoms with Crippen molar-refractivity contribution in [2.45, 2.75) is 122 Å². The molecule has 0 bridgehead atoms. The third kappa shape index (κ3) is 5.12. The maximum Gasteiger partial charge on any atom is 0.0742 e. The lowest BCUT2D eigenvalue weighted by atomic mass is 9.53. The fourth-order valence-corrected chi connectivity index (χ4v) is 6.02. The maximum atomic E-state index is 6.83. The molecule has 2 fully saturated rings. The molecule has 2 saturated carbocycles. The van der Waals surface area contributed by atoms with Gasteiger partial charge in [-0.25, -0.2) is 0 Å². The van der Waals surface area contributed by atoms with Crippen LogP contribution < -0.4 is 5.73 Å². The van der Waals surface area contributed by atoms with Gasteiger partial charge in [0.1, 0.15) is 0 Å². The molecule has 26 heavy (non-hydrogen) atoms. The van der Waals surface area contributed by atoms with Gasteiger partial charge in [-0.15, -0.1) is 0 Å². The summed E-state index contributed by atoms with van der Waals surface area (Å²) >= 11 is 0. The Balaban J connectivity index is 2.39. The molecule has 1 nitrogen and oxygen atoms in total. The van der Waals surface area contributed by atoms with Crippen LogP contribution in [0.1, 0.15) is 106 Å². The molecule has 6 unspecified atom stereocenters. The van der Waals surface area contributed by atoms with Crippen molar-refractivity contribution in [3.8, 4) is 0 Å². The lowest BCUT2D eigenvalue weighted by Crippen LogP contribution is -2.47. The van der Waals surface area contributed by atoms with Crippen LogP contribution in [0.25, 0.3) is 0 Å². The molecule has 0 aliphatic heterocycles. The summed E-state index contributed by atoms with van der Waals surface area (Å²) in [5.74, 6) is 1.40. The van der Waals surface area contributed by atoms with E-state index in [0.717, 1.165) is 38.5 Å². The molecule has 4 radical (unpaired) electrons. The summed E-state index contributed by atoms with van der Waals surface area (Å²) < 4.78 is 0. The van der Waals surface area contributed by atoms with Gasteiger partial charge < -0.3 is 5.73 Å². The SMILES string of the molecule is [B]C1(C)CCC([B])(C)CCC(C)(C2(C)CC(C)C(C)CC(C)(N)C2)CC1. The van der Waals surface area contributed by atoms with Crippen LogP contribution in [0, 0.1) is 22.7 Å². The first-order chi connectivity index (χ1) is 11.6. The first-order valence-electron chi connectivity index (χ1n) is 11.0. The molecule has 0 aromatic rings. The lowest BCUT2D eigenvalue weighted by Gasteiger charge is -2.51. The van der Waals surface area contributed by atoms with Crippen LogP contribution in [0.5, 0.6) is 0 Å². The Morgan fingerprint density at radius 2 is 1.04 bits per heavy atom. The molecule has 0 amide bonds. The molecule has 0 spiro atoms. The fourth-order valence-electron chi connectivity index (χ4n) is 6.02. The van der Waals surface area contributed by atoms with E-state index in [-0.39, 0.29) is 27.0 Å². The third-order valence-corrected chi connectivity index (χ3v) is 8.55. The quantitative estimate of drug-likeness (QED) is 0.438. The summed E-state index contributed by atoms with van der Waals surface area (Å²) in [6, 6.07) is 0. The normalized spacial score (nSPS) is 54.6. The van der Waals surface area contributed by atoms with Crippen molar-refractivity contribution in [2.75, 3.05) is 0 Å². The Morgan fingerprint density at radius 3 is 1.50 bits per heavy atom. The third-order valence-electron chi connectivity index (χ3n) is 8.55. The van der Waals surface area contributed by atoms with Crippen LogP contribution in [0.15, 0.2) is 0 Å². The van der Waals surface area contributed by atoms with Gasteiger partial charge in [0.2, 0.25) is 0 Å². The molecule has 146 valence electrons. The van der Waals surface area contributed by atoms with Crippen LogP contribution in [0.4, 0.5) is 0 Å². The fraction of sp³-hybridized carbons (Fsp3) is 1.00. The summed E-state index contributed by atoms with van der Waals surface area (Å²) in [6.07, 6.45) is 10.1. The summed E-state index contributed by atoms with van der Waals surface area (Å²) in [5.41, 5.74) is 7.21. The van der Waals surface area contributed by atoms with Crippen LogP contribution in [0.2, 0.25) is 10.6 Å². The zero-order chi connectivity index (χ0) is 20.0. The highest BCUT2D eigenvalue weighted by Gasteiger charge is 2.51. The highest BCUT2D eigenvalue weighted by Crippen LogP contribution is 2.60. The van der Waals surface area contributed by atoms with Crippen molar-refractivity contribution in [2.24, 2.45) is 28.4 Å². The zero-order valence-electron chi connectivity index (χ0n) is 18.8. The molecule has 2 N–H and O–H groups in total. The number of hydrogen-bond acceptors (Lipinski definition) is 1. The minimum atomic E-state index is -0.113. The number of hydrogen-bond donors (Lipinski definition) is 1. The van der Waals surface area contributed by atoms with Gasteiger partial charge in [-0.05, 0) is 61.7 Å². The highest BCUT2D eigenvalue weighted by molar-refractivity contribution is 6.16. The number of nitrogens with two attached hydrogens (primary N) is 1. The largest absolute Gasteiger partial charge is 0.325 e. The Kier molecular flexibility index (Phi) is 6.16. The minimum absolute atomic E-state index is 0.0849. The van der Waals surface area contributed by atoms with Gasteiger partial charge in [-0.1, -0.05) is 77.9 Å². The summed E-state index contributed by atoms with van der Waals surface area (Å²) in [7, 11) is 13.4. The van der Waals surface area contributed by atoms with Crippen molar-refractivity contribution in [3.05, 3.63) is 0 Å². The molecular weight excluding hydrogens is 312 g/mol. The lowest BCUT2D eigenvalue weighted by molar-refractivity contribution is 0.00368. The van der Waals surface area contributed by atoms with E-state index >= 15 is 0 Å². The molecule has 6 atom stereocenters. The van der Waals surface area contributed by atoms with Crippen molar-refractivity contribution < 1.29 is 0 Å². The number of rotatable bonds is 1. The second-order valence-electron chi connectivity index (χ2n) is 12.1. The van der Waals surface area contributed by atoms with E-state index in [9.17, 15) is 0 Å². The molecule has 0 aromatic carbocycles. The molecule has 3 heteroatoms. The highest BCUT2D eigenvalue weighted by atomic mass is 14.8. The van der Waals surface area contributed by atoms with E-state index in [1.807, 2.05) is 0 Å². The average molecular weight is 355 g/mol. The standard InChI is InChI=1S/C23H43B2N/c1-17-14-20(4,16-23(7,26)15-18(17)2)19(3)8-10-21(5,24)12-13-22(6,25)11-9-19/h17-18H,8-16,26H2,1-7H3. The van der Waals surface area contributed by atoms with Crippen molar-refractivity contribution in [3.63, 3.8) is 0 Å². The van der Waals surface area contributed by atoms with Crippen LogP contribution in [-0.4, -0.2) is 21.2 Å². The predicted octanol–water partition coefficient (Wildman–Crippen LogP) is 6.22. The summed E-state index contributed by atoms with van der Waals surface area (Å²) in [5, 5.41) is -0.226. The van der Waals surface area contributed by atoms with Gasteiger partial charge in [0.05, 0.1) is 15.7 Å².